The predicted octanol–water partition coefficient (Wildman–Crippen LogP) is 3.41. The Kier molecular flexibility index (Phi) is 2.28. The van der Waals surface area contributed by atoms with Crippen molar-refractivity contribution in [1.82, 2.24) is 4.98 Å². The lowest BCUT2D eigenvalue weighted by atomic mass is 10.2. The van der Waals surface area contributed by atoms with Crippen molar-refractivity contribution >= 4 is 34.1 Å². The fourth-order valence-electron chi connectivity index (χ4n) is 1.18. The second-order valence-electron chi connectivity index (χ2n) is 2.77. The quantitative estimate of drug-likeness (QED) is 0.686. The maximum absolute atomic E-state index is 8.65. The van der Waals surface area contributed by atoms with Crippen LogP contribution in [0.15, 0.2) is 24.3 Å². The van der Waals surface area contributed by atoms with Crippen LogP contribution in [0.5, 0.6) is 0 Å². The molecule has 0 saturated heterocycles. The molecule has 68 valence electrons. The van der Waals surface area contributed by atoms with Gasteiger partial charge in [-0.25, -0.2) is 4.98 Å². The maximum atomic E-state index is 8.65. The number of fused-ring (bicyclic) bond motifs is 1. The lowest BCUT2D eigenvalue weighted by Gasteiger charge is -2.00. The number of hydrogen-bond acceptors (Lipinski definition) is 2. The fourth-order valence-corrected chi connectivity index (χ4v) is 1.51. The zero-order chi connectivity index (χ0) is 10.1. The zero-order valence-electron chi connectivity index (χ0n) is 6.96. The van der Waals surface area contributed by atoms with Crippen molar-refractivity contribution < 1.29 is 0 Å². The number of pyridine rings is 1. The highest BCUT2D eigenvalue weighted by atomic mass is 35.5. The largest absolute Gasteiger partial charge is 0.237 e. The molecular formula is C10H4Cl2N2. The molecule has 2 aromatic rings. The second-order valence-corrected chi connectivity index (χ2v) is 3.58. The van der Waals surface area contributed by atoms with E-state index >= 15 is 0 Å². The van der Waals surface area contributed by atoms with Gasteiger partial charge >= 0.3 is 0 Å². The summed E-state index contributed by atoms with van der Waals surface area (Å²) in [7, 11) is 0. The highest BCUT2D eigenvalue weighted by molar-refractivity contribution is 6.42. The lowest BCUT2D eigenvalue weighted by molar-refractivity contribution is 1.33. The molecule has 0 spiro atoms. The Labute approximate surface area is 90.7 Å². The molecule has 0 aliphatic heterocycles. The first kappa shape index (κ1) is 9.26. The maximum Gasteiger partial charge on any atom is 0.141 e. The van der Waals surface area contributed by atoms with Crippen LogP contribution in [0.2, 0.25) is 10.0 Å². The summed E-state index contributed by atoms with van der Waals surface area (Å²) in [6.45, 7) is 0. The second kappa shape index (κ2) is 3.45. The summed E-state index contributed by atoms with van der Waals surface area (Å²) >= 11 is 11.7. The van der Waals surface area contributed by atoms with Gasteiger partial charge in [-0.2, -0.15) is 5.26 Å². The van der Waals surface area contributed by atoms with E-state index < -0.39 is 0 Å². The molecular weight excluding hydrogens is 219 g/mol. The molecule has 0 N–H and O–H groups in total. The van der Waals surface area contributed by atoms with E-state index in [2.05, 4.69) is 4.98 Å². The summed E-state index contributed by atoms with van der Waals surface area (Å²) in [5.74, 6) is 0. The number of hydrogen-bond donors (Lipinski definition) is 0. The molecule has 0 unspecified atom stereocenters. The van der Waals surface area contributed by atoms with Crippen molar-refractivity contribution in [1.29, 1.82) is 5.26 Å². The monoisotopic (exact) mass is 222 g/mol. The molecule has 1 aromatic heterocycles. The minimum atomic E-state index is 0.371. The molecule has 2 rings (SSSR count). The van der Waals surface area contributed by atoms with Crippen LogP contribution in [0.25, 0.3) is 10.9 Å². The smallest absolute Gasteiger partial charge is 0.141 e. The molecule has 0 saturated carbocycles. The standard InChI is InChI=1S/C10H4Cl2N2/c11-8-3-6-1-2-7(5-13)14-10(6)4-9(8)12/h1-4H. The average Bonchev–Trinajstić information content (AvgIpc) is 2.19. The van der Waals surface area contributed by atoms with Crippen LogP contribution in [0.3, 0.4) is 0 Å². The molecule has 1 heterocycles. The van der Waals surface area contributed by atoms with Crippen LogP contribution in [-0.2, 0) is 0 Å². The fraction of sp³-hybridized carbons (Fsp3) is 0. The lowest BCUT2D eigenvalue weighted by Crippen LogP contribution is -1.84. The minimum Gasteiger partial charge on any atom is -0.237 e. The summed E-state index contributed by atoms with van der Waals surface area (Å²) in [5.41, 5.74) is 1.05. The third-order valence-corrected chi connectivity index (χ3v) is 2.57. The summed E-state index contributed by atoms with van der Waals surface area (Å²) in [4.78, 5) is 4.09. The topological polar surface area (TPSA) is 36.7 Å². The van der Waals surface area contributed by atoms with E-state index in [1.807, 2.05) is 6.07 Å². The average molecular weight is 223 g/mol. The minimum absolute atomic E-state index is 0.371. The molecule has 0 radical (unpaired) electrons. The SMILES string of the molecule is N#Cc1ccc2cc(Cl)c(Cl)cc2n1. The van der Waals surface area contributed by atoms with Crippen molar-refractivity contribution in [2.24, 2.45) is 0 Å². The number of benzene rings is 1. The third kappa shape index (κ3) is 1.52. The van der Waals surface area contributed by atoms with Crippen molar-refractivity contribution in [3.05, 3.63) is 40.0 Å². The van der Waals surface area contributed by atoms with E-state index in [1.54, 1.807) is 24.3 Å². The van der Waals surface area contributed by atoms with Gasteiger partial charge in [0.25, 0.3) is 0 Å². The van der Waals surface area contributed by atoms with Crippen molar-refractivity contribution in [2.45, 2.75) is 0 Å². The van der Waals surface area contributed by atoms with E-state index in [4.69, 9.17) is 28.5 Å². The van der Waals surface area contributed by atoms with Crippen LogP contribution in [0.4, 0.5) is 0 Å². The first-order chi connectivity index (χ1) is 6.70. The molecule has 1 aromatic carbocycles. The highest BCUT2D eigenvalue weighted by Crippen LogP contribution is 2.26. The Morgan fingerprint density at radius 3 is 2.57 bits per heavy atom. The molecule has 0 atom stereocenters. The Balaban J connectivity index is 2.78. The molecule has 14 heavy (non-hydrogen) atoms. The van der Waals surface area contributed by atoms with E-state index in [0.29, 0.717) is 21.3 Å². The van der Waals surface area contributed by atoms with Gasteiger partial charge < -0.3 is 0 Å². The van der Waals surface area contributed by atoms with E-state index in [1.165, 1.54) is 0 Å². The van der Waals surface area contributed by atoms with E-state index in [-0.39, 0.29) is 0 Å². The predicted molar refractivity (Wildman–Crippen MR) is 56.5 cm³/mol. The number of aromatic nitrogens is 1. The van der Waals surface area contributed by atoms with Gasteiger partial charge in [0.2, 0.25) is 0 Å². The molecule has 0 aliphatic carbocycles. The van der Waals surface area contributed by atoms with Crippen molar-refractivity contribution in [3.63, 3.8) is 0 Å². The summed E-state index contributed by atoms with van der Waals surface area (Å²) in [6, 6.07) is 8.79. The normalized spacial score (nSPS) is 10.1. The van der Waals surface area contributed by atoms with Gasteiger partial charge in [0.15, 0.2) is 0 Å². The number of nitrogens with zero attached hydrogens (tertiary/aromatic N) is 2. The number of halogens is 2. The van der Waals surface area contributed by atoms with Crippen molar-refractivity contribution in [3.8, 4) is 6.07 Å². The summed E-state index contributed by atoms with van der Waals surface area (Å²) in [6.07, 6.45) is 0. The Morgan fingerprint density at radius 1 is 1.14 bits per heavy atom. The van der Waals surface area contributed by atoms with Crippen LogP contribution in [0, 0.1) is 11.3 Å². The first-order valence-corrected chi connectivity index (χ1v) is 4.62. The van der Waals surface area contributed by atoms with Gasteiger partial charge in [-0.1, -0.05) is 23.2 Å². The molecule has 0 bridgehead atoms. The number of rotatable bonds is 0. The van der Waals surface area contributed by atoms with Gasteiger partial charge in [-0.15, -0.1) is 0 Å². The van der Waals surface area contributed by atoms with Gasteiger partial charge in [0, 0.05) is 5.39 Å². The van der Waals surface area contributed by atoms with Crippen LogP contribution >= 0.6 is 23.2 Å². The molecule has 4 heteroatoms. The Morgan fingerprint density at radius 2 is 1.86 bits per heavy atom. The molecule has 0 aliphatic rings. The van der Waals surface area contributed by atoms with Gasteiger partial charge in [-0.3, -0.25) is 0 Å². The Hall–Kier alpha value is -1.30. The van der Waals surface area contributed by atoms with Crippen LogP contribution in [0.1, 0.15) is 5.69 Å². The highest BCUT2D eigenvalue weighted by Gasteiger charge is 2.02. The van der Waals surface area contributed by atoms with Crippen LogP contribution < -0.4 is 0 Å². The molecule has 2 nitrogen and oxygen atoms in total. The molecule has 0 fully saturated rings. The third-order valence-electron chi connectivity index (χ3n) is 1.85. The summed E-state index contributed by atoms with van der Waals surface area (Å²) in [5, 5.41) is 10.5. The Bertz CT molecular complexity index is 544. The number of nitriles is 1. The first-order valence-electron chi connectivity index (χ1n) is 3.86. The van der Waals surface area contributed by atoms with E-state index in [9.17, 15) is 0 Å². The van der Waals surface area contributed by atoms with Gasteiger partial charge in [0.05, 0.1) is 15.6 Å². The van der Waals surface area contributed by atoms with Crippen LogP contribution in [-0.4, -0.2) is 4.98 Å². The van der Waals surface area contributed by atoms with E-state index in [0.717, 1.165) is 5.39 Å². The molecule has 0 amide bonds. The van der Waals surface area contributed by atoms with Gasteiger partial charge in [-0.05, 0) is 24.3 Å². The van der Waals surface area contributed by atoms with Crippen molar-refractivity contribution in [2.75, 3.05) is 0 Å². The summed E-state index contributed by atoms with van der Waals surface area (Å²) < 4.78 is 0. The van der Waals surface area contributed by atoms with Gasteiger partial charge in [0.1, 0.15) is 11.8 Å². The zero-order valence-corrected chi connectivity index (χ0v) is 8.47.